The lowest BCUT2D eigenvalue weighted by Gasteiger charge is -2.34. The number of aromatic nitrogens is 2. The van der Waals surface area contributed by atoms with E-state index in [2.05, 4.69) is 27.3 Å². The van der Waals surface area contributed by atoms with Crippen LogP contribution in [0.5, 0.6) is 0 Å². The molecular weight excluding hydrogens is 250 g/mol. The quantitative estimate of drug-likeness (QED) is 0.824. The summed E-state index contributed by atoms with van der Waals surface area (Å²) in [4.78, 5) is 11.3. The minimum atomic E-state index is -0.327. The maximum absolute atomic E-state index is 6.32. The van der Waals surface area contributed by atoms with Gasteiger partial charge >= 0.3 is 0 Å². The summed E-state index contributed by atoms with van der Waals surface area (Å²) >= 11 is 0. The van der Waals surface area contributed by atoms with E-state index >= 15 is 0 Å². The third-order valence-electron chi connectivity index (χ3n) is 4.08. The van der Waals surface area contributed by atoms with Crippen molar-refractivity contribution in [3.05, 3.63) is 36.2 Å². The second-order valence-corrected chi connectivity index (χ2v) is 5.70. The third-order valence-corrected chi connectivity index (χ3v) is 4.08. The Kier molecular flexibility index (Phi) is 2.29. The molecule has 20 heavy (non-hydrogen) atoms. The van der Waals surface area contributed by atoms with Gasteiger partial charge in [0.15, 0.2) is 5.82 Å². The zero-order valence-corrected chi connectivity index (χ0v) is 11.4. The fraction of sp³-hybridized carbons (Fsp3) is 0.333. The summed E-state index contributed by atoms with van der Waals surface area (Å²) in [5.41, 5.74) is 10.2. The second kappa shape index (κ2) is 3.93. The number of nitrogens with zero attached hydrogens (tertiary/aromatic N) is 3. The molecule has 5 nitrogen and oxygen atoms in total. The Morgan fingerprint density at radius 1 is 1.35 bits per heavy atom. The van der Waals surface area contributed by atoms with Crippen molar-refractivity contribution in [3.63, 3.8) is 0 Å². The van der Waals surface area contributed by atoms with E-state index in [4.69, 9.17) is 10.7 Å². The molecule has 2 aliphatic rings. The fourth-order valence-electron chi connectivity index (χ4n) is 3.04. The molecule has 0 aliphatic carbocycles. The first-order chi connectivity index (χ1) is 9.63. The van der Waals surface area contributed by atoms with Crippen molar-refractivity contribution in [3.8, 4) is 11.3 Å². The fourth-order valence-corrected chi connectivity index (χ4v) is 3.04. The first-order valence-corrected chi connectivity index (χ1v) is 6.89. The molecule has 0 amide bonds. The normalized spacial score (nSPS) is 23.4. The molecule has 0 saturated carbocycles. The van der Waals surface area contributed by atoms with Gasteiger partial charge in [0.25, 0.3) is 0 Å². The van der Waals surface area contributed by atoms with Crippen molar-refractivity contribution in [1.82, 2.24) is 9.97 Å². The molecule has 1 saturated heterocycles. The molecule has 102 valence electrons. The van der Waals surface area contributed by atoms with Gasteiger partial charge in [-0.25, -0.2) is 4.98 Å². The van der Waals surface area contributed by atoms with Gasteiger partial charge in [-0.1, -0.05) is 0 Å². The molecule has 5 heteroatoms. The van der Waals surface area contributed by atoms with Crippen molar-refractivity contribution in [1.29, 1.82) is 0 Å². The molecule has 2 bridgehead atoms. The molecule has 0 aromatic carbocycles. The number of rotatable bonds is 1. The van der Waals surface area contributed by atoms with Crippen LogP contribution in [0.2, 0.25) is 0 Å². The van der Waals surface area contributed by atoms with Crippen LogP contribution in [0, 0.1) is 6.92 Å². The lowest BCUT2D eigenvalue weighted by molar-refractivity contribution is 0.533. The number of hydrogen-bond acceptors (Lipinski definition) is 5. The SMILES string of the molecule is Cc1cc(-c2ccc3c(n2)N[C@@]2(N)CCN3C2)ccn1. The number of pyridine rings is 2. The molecule has 3 N–H and O–H groups in total. The highest BCUT2D eigenvalue weighted by atomic mass is 15.3. The van der Waals surface area contributed by atoms with Crippen LogP contribution in [0.25, 0.3) is 11.3 Å². The van der Waals surface area contributed by atoms with Crippen molar-refractivity contribution in [2.75, 3.05) is 23.3 Å². The van der Waals surface area contributed by atoms with Gasteiger partial charge in [0, 0.05) is 30.4 Å². The summed E-state index contributed by atoms with van der Waals surface area (Å²) in [6.45, 7) is 3.84. The highest BCUT2D eigenvalue weighted by Gasteiger charge is 2.40. The van der Waals surface area contributed by atoms with E-state index in [1.165, 1.54) is 0 Å². The topological polar surface area (TPSA) is 67.1 Å². The van der Waals surface area contributed by atoms with Crippen LogP contribution in [0.4, 0.5) is 11.5 Å². The van der Waals surface area contributed by atoms with E-state index in [9.17, 15) is 0 Å². The average molecular weight is 267 g/mol. The largest absolute Gasteiger partial charge is 0.365 e. The predicted octanol–water partition coefficient (Wildman–Crippen LogP) is 1.74. The maximum atomic E-state index is 6.32. The summed E-state index contributed by atoms with van der Waals surface area (Å²) in [7, 11) is 0. The van der Waals surface area contributed by atoms with Crippen molar-refractivity contribution in [2.24, 2.45) is 5.73 Å². The van der Waals surface area contributed by atoms with Crippen LogP contribution in [0.3, 0.4) is 0 Å². The van der Waals surface area contributed by atoms with Crippen molar-refractivity contribution >= 4 is 11.5 Å². The summed E-state index contributed by atoms with van der Waals surface area (Å²) < 4.78 is 0. The number of hydrogen-bond donors (Lipinski definition) is 2. The molecule has 2 aromatic heterocycles. The third kappa shape index (κ3) is 1.74. The number of anilines is 2. The highest BCUT2D eigenvalue weighted by Crippen LogP contribution is 2.38. The molecule has 1 fully saturated rings. The van der Waals surface area contributed by atoms with Gasteiger partial charge in [-0.3, -0.25) is 4.98 Å². The summed E-state index contributed by atoms with van der Waals surface area (Å²) in [6, 6.07) is 8.23. The van der Waals surface area contributed by atoms with Gasteiger partial charge in [0.1, 0.15) is 5.66 Å². The highest BCUT2D eigenvalue weighted by molar-refractivity contribution is 5.75. The lowest BCUT2D eigenvalue weighted by atomic mass is 10.1. The van der Waals surface area contributed by atoms with E-state index in [1.807, 2.05) is 25.3 Å². The van der Waals surface area contributed by atoms with Crippen molar-refractivity contribution < 1.29 is 0 Å². The van der Waals surface area contributed by atoms with Gasteiger partial charge < -0.3 is 16.0 Å². The summed E-state index contributed by atoms with van der Waals surface area (Å²) in [5, 5.41) is 3.40. The number of fused-ring (bicyclic) bond motifs is 4. The van der Waals surface area contributed by atoms with Gasteiger partial charge in [0.05, 0.1) is 17.9 Å². The average Bonchev–Trinajstić information content (AvgIpc) is 2.75. The van der Waals surface area contributed by atoms with E-state index in [0.29, 0.717) is 0 Å². The summed E-state index contributed by atoms with van der Waals surface area (Å²) in [6.07, 6.45) is 2.77. The van der Waals surface area contributed by atoms with E-state index in [1.54, 1.807) is 0 Å². The number of nitrogens with one attached hydrogen (secondary N) is 1. The Balaban J connectivity index is 1.79. The van der Waals surface area contributed by atoms with Crippen LogP contribution in [-0.4, -0.2) is 28.7 Å². The van der Waals surface area contributed by atoms with Gasteiger partial charge in [-0.2, -0.15) is 0 Å². The van der Waals surface area contributed by atoms with Crippen molar-refractivity contribution in [2.45, 2.75) is 19.0 Å². The van der Waals surface area contributed by atoms with E-state index < -0.39 is 0 Å². The Bertz CT molecular complexity index is 684. The molecule has 0 radical (unpaired) electrons. The summed E-state index contributed by atoms with van der Waals surface area (Å²) in [5.74, 6) is 0.892. The zero-order chi connectivity index (χ0) is 13.7. The Labute approximate surface area is 117 Å². The standard InChI is InChI=1S/C15H17N5/c1-10-8-11(4-6-17-10)12-2-3-13-14(18-12)19-15(16)5-7-20(13)9-15/h2-4,6,8H,5,7,9,16H2,1H3,(H,18,19)/t15-/m0/s1. The number of aryl methyl sites for hydroxylation is 1. The molecule has 0 unspecified atom stereocenters. The minimum Gasteiger partial charge on any atom is -0.365 e. The van der Waals surface area contributed by atoms with Gasteiger partial charge in [0.2, 0.25) is 0 Å². The van der Waals surface area contributed by atoms with Crippen LogP contribution in [0.1, 0.15) is 12.1 Å². The molecule has 1 atom stereocenters. The smallest absolute Gasteiger partial charge is 0.151 e. The molecular formula is C15H17N5. The lowest BCUT2D eigenvalue weighted by Crippen LogP contribution is -2.52. The molecule has 0 spiro atoms. The van der Waals surface area contributed by atoms with Gasteiger partial charge in [-0.15, -0.1) is 0 Å². The van der Waals surface area contributed by atoms with E-state index in [0.717, 1.165) is 48.0 Å². The Hall–Kier alpha value is -2.14. The molecule has 4 rings (SSSR count). The second-order valence-electron chi connectivity index (χ2n) is 5.70. The minimum absolute atomic E-state index is 0.327. The van der Waals surface area contributed by atoms with Gasteiger partial charge in [-0.05, 0) is 31.2 Å². The van der Waals surface area contributed by atoms with Crippen LogP contribution in [-0.2, 0) is 0 Å². The van der Waals surface area contributed by atoms with Crippen LogP contribution < -0.4 is 16.0 Å². The zero-order valence-electron chi connectivity index (χ0n) is 11.4. The molecule has 2 aliphatic heterocycles. The maximum Gasteiger partial charge on any atom is 0.151 e. The molecule has 4 heterocycles. The first kappa shape index (κ1) is 11.7. The Morgan fingerprint density at radius 2 is 2.25 bits per heavy atom. The molecule has 2 aromatic rings. The first-order valence-electron chi connectivity index (χ1n) is 6.89. The monoisotopic (exact) mass is 267 g/mol. The Morgan fingerprint density at radius 3 is 3.10 bits per heavy atom. The van der Waals surface area contributed by atoms with E-state index in [-0.39, 0.29) is 5.66 Å². The van der Waals surface area contributed by atoms with Crippen LogP contribution >= 0.6 is 0 Å². The predicted molar refractivity (Wildman–Crippen MR) is 79.6 cm³/mol. The van der Waals surface area contributed by atoms with Crippen LogP contribution in [0.15, 0.2) is 30.5 Å². The number of nitrogens with two attached hydrogens (primary N) is 1.